The summed E-state index contributed by atoms with van der Waals surface area (Å²) < 4.78 is 65.1. The third-order valence-electron chi connectivity index (χ3n) is 7.05. The molecule has 3 aliphatic heterocycles. The highest BCUT2D eigenvalue weighted by Crippen LogP contribution is 2.44. The van der Waals surface area contributed by atoms with Crippen molar-refractivity contribution in [3.8, 4) is 0 Å². The van der Waals surface area contributed by atoms with Crippen molar-refractivity contribution in [1.29, 1.82) is 0 Å². The average molecular weight is 557 g/mol. The summed E-state index contributed by atoms with van der Waals surface area (Å²) in [5, 5.41) is 2.97. The van der Waals surface area contributed by atoms with Crippen LogP contribution in [0.4, 0.5) is 23.2 Å². The van der Waals surface area contributed by atoms with E-state index in [0.29, 0.717) is 44.0 Å². The Morgan fingerprint density at radius 1 is 1.21 bits per heavy atom. The molecule has 1 N–H and O–H groups in total. The van der Waals surface area contributed by atoms with Gasteiger partial charge >= 0.3 is 0 Å². The number of alkyl halides is 1. The van der Waals surface area contributed by atoms with Gasteiger partial charge in [0.25, 0.3) is 0 Å². The molecule has 4 atom stereocenters. The molecule has 3 aliphatic rings. The number of anilines is 1. The van der Waals surface area contributed by atoms with Gasteiger partial charge in [0.05, 0.1) is 18.8 Å². The number of hydrogen-bond donors (Lipinski definition) is 1. The molecule has 1 unspecified atom stereocenters. The van der Waals surface area contributed by atoms with Gasteiger partial charge in [0, 0.05) is 44.2 Å². The van der Waals surface area contributed by atoms with E-state index in [9.17, 15) is 22.4 Å². The number of benzene rings is 2. The number of ketones is 1. The predicted molar refractivity (Wildman–Crippen MR) is 142 cm³/mol. The van der Waals surface area contributed by atoms with Gasteiger partial charge < -0.3 is 14.8 Å². The van der Waals surface area contributed by atoms with Crippen LogP contribution in [-0.2, 0) is 14.3 Å². The lowest BCUT2D eigenvalue weighted by Crippen LogP contribution is -2.49. The lowest BCUT2D eigenvalue weighted by Gasteiger charge is -2.35. The van der Waals surface area contributed by atoms with E-state index in [1.807, 2.05) is 11.8 Å². The Balaban J connectivity index is 0.000000292. The summed E-state index contributed by atoms with van der Waals surface area (Å²) in [6, 6.07) is 8.47. The number of aryl methyl sites for hydroxylation is 1. The molecule has 3 heterocycles. The molecule has 0 spiro atoms. The second-order valence-corrected chi connectivity index (χ2v) is 11.4. The normalized spacial score (nSPS) is 25.4. The minimum atomic E-state index is -0.781. The number of rotatable bonds is 9. The van der Waals surface area contributed by atoms with Crippen molar-refractivity contribution in [3.05, 3.63) is 59.4 Å². The van der Waals surface area contributed by atoms with Crippen molar-refractivity contribution in [2.24, 2.45) is 0 Å². The van der Waals surface area contributed by atoms with Crippen molar-refractivity contribution in [3.63, 3.8) is 0 Å². The SMILES string of the molecule is CC(=O)[C@]12CO[C@H](C)CC1O2.Cc1cc(F)c(N[C@H](CCN2CC(F)C2)CSc2ccc(F)cc2)c(F)c1.[HH]. The summed E-state index contributed by atoms with van der Waals surface area (Å²) in [7, 11) is 0. The zero-order valence-corrected chi connectivity index (χ0v) is 22.6. The lowest BCUT2D eigenvalue weighted by atomic mass is 9.96. The fraction of sp³-hybridized carbons (Fsp3) is 0.536. The first-order chi connectivity index (χ1) is 18.1. The summed E-state index contributed by atoms with van der Waals surface area (Å²) >= 11 is 1.48. The van der Waals surface area contributed by atoms with Crippen molar-refractivity contribution in [1.82, 2.24) is 4.90 Å². The summed E-state index contributed by atoms with van der Waals surface area (Å²) in [6.07, 6.45) is 1.09. The lowest BCUT2D eigenvalue weighted by molar-refractivity contribution is -0.125. The van der Waals surface area contributed by atoms with E-state index in [1.54, 1.807) is 26.0 Å². The molecular weight excluding hydrogens is 520 g/mol. The molecule has 5 rings (SSSR count). The maximum absolute atomic E-state index is 14.2. The fourth-order valence-corrected chi connectivity index (χ4v) is 5.60. The molecule has 38 heavy (non-hydrogen) atoms. The number of thioether (sulfide) groups is 1. The molecular formula is C28H36F4N2O3S. The van der Waals surface area contributed by atoms with Gasteiger partial charge in [-0.1, -0.05) is 0 Å². The highest BCUT2D eigenvalue weighted by Gasteiger charge is 2.63. The van der Waals surface area contributed by atoms with E-state index in [4.69, 9.17) is 9.47 Å². The third kappa shape index (κ3) is 7.28. The van der Waals surface area contributed by atoms with Crippen LogP contribution in [0.5, 0.6) is 0 Å². The molecule has 10 heteroatoms. The van der Waals surface area contributed by atoms with Crippen LogP contribution in [0, 0.1) is 24.4 Å². The Bertz CT molecular complexity index is 1100. The summed E-state index contributed by atoms with van der Waals surface area (Å²) in [4.78, 5) is 13.9. The van der Waals surface area contributed by atoms with Crippen molar-refractivity contribution in [2.45, 2.75) is 68.5 Å². The maximum Gasteiger partial charge on any atom is 0.175 e. The quantitative estimate of drug-likeness (QED) is 0.240. The Morgan fingerprint density at radius 2 is 1.87 bits per heavy atom. The van der Waals surface area contributed by atoms with Crippen molar-refractivity contribution >= 4 is 23.2 Å². The van der Waals surface area contributed by atoms with E-state index in [2.05, 4.69) is 5.32 Å². The molecule has 0 radical (unpaired) electrons. The first kappa shape index (κ1) is 28.9. The van der Waals surface area contributed by atoms with Gasteiger partial charge in [-0.15, -0.1) is 11.8 Å². The van der Waals surface area contributed by atoms with Gasteiger partial charge in [0.2, 0.25) is 0 Å². The molecule has 0 aliphatic carbocycles. The second kappa shape index (κ2) is 12.4. The molecule has 0 amide bonds. The average Bonchev–Trinajstić information content (AvgIpc) is 3.57. The number of carbonyl (C=O) groups excluding carboxylic acids is 1. The number of halogens is 4. The van der Waals surface area contributed by atoms with Gasteiger partial charge in [0.15, 0.2) is 11.4 Å². The number of ether oxygens (including phenoxy) is 2. The zero-order chi connectivity index (χ0) is 27.4. The van der Waals surface area contributed by atoms with Crippen molar-refractivity contribution in [2.75, 3.05) is 37.3 Å². The minimum Gasteiger partial charge on any atom is -0.377 e. The molecule has 210 valence electrons. The summed E-state index contributed by atoms with van der Waals surface area (Å²) in [5.74, 6) is -0.912. The van der Waals surface area contributed by atoms with Gasteiger partial charge in [0.1, 0.15) is 29.3 Å². The number of nitrogens with zero attached hydrogens (tertiary/aromatic N) is 1. The van der Waals surface area contributed by atoms with Crippen molar-refractivity contribution < 1.29 is 33.3 Å². The topological polar surface area (TPSA) is 54.1 Å². The molecule has 2 aromatic carbocycles. The monoisotopic (exact) mass is 556 g/mol. The smallest absolute Gasteiger partial charge is 0.175 e. The van der Waals surface area contributed by atoms with E-state index in [1.165, 1.54) is 36.0 Å². The molecule has 0 aromatic heterocycles. The number of likely N-dealkylation sites (tertiary alicyclic amines) is 1. The van der Waals surface area contributed by atoms with Crippen LogP contribution >= 0.6 is 11.8 Å². The van der Waals surface area contributed by atoms with Crippen LogP contribution < -0.4 is 5.32 Å². The maximum atomic E-state index is 14.2. The number of Topliss-reactive ketones (excluding diaryl/α,β-unsaturated/α-hetero) is 1. The van der Waals surface area contributed by atoms with Gasteiger partial charge in [-0.2, -0.15) is 0 Å². The van der Waals surface area contributed by atoms with Crippen LogP contribution in [0.3, 0.4) is 0 Å². The Morgan fingerprint density at radius 3 is 2.45 bits per heavy atom. The zero-order valence-electron chi connectivity index (χ0n) is 21.8. The van der Waals surface area contributed by atoms with E-state index in [0.717, 1.165) is 11.3 Å². The third-order valence-corrected chi connectivity index (χ3v) is 8.22. The standard InChI is InChI=1S/C20H22F4N2S.C8H12O3.H2/c1-13-8-18(23)20(19(24)9-13)25-16(6-7-26-10-15(22)11-26)12-27-17-4-2-14(21)3-5-17;1-5-3-7-8(11-7,4-10-5)6(2)9;/h2-5,8-9,15-16,25H,6-7,10-12H2,1H3;5,7H,3-4H2,1-2H3;1H/t16-;5-,7?,8-;/m11./s1. The molecule has 3 fully saturated rings. The van der Waals surface area contributed by atoms with E-state index >= 15 is 0 Å². The van der Waals surface area contributed by atoms with E-state index in [-0.39, 0.29) is 37.0 Å². The molecule has 5 nitrogen and oxygen atoms in total. The minimum absolute atomic E-state index is 0. The second-order valence-electron chi connectivity index (χ2n) is 10.3. The molecule has 0 bridgehead atoms. The fourth-order valence-electron chi connectivity index (χ4n) is 4.63. The number of fused-ring (bicyclic) bond motifs is 1. The number of nitrogens with one attached hydrogen (secondary N) is 1. The Labute approximate surface area is 226 Å². The van der Waals surface area contributed by atoms with Crippen LogP contribution in [-0.4, -0.2) is 72.7 Å². The van der Waals surface area contributed by atoms with Crippen LogP contribution in [0.2, 0.25) is 0 Å². The van der Waals surface area contributed by atoms with Gasteiger partial charge in [-0.05, 0) is 69.2 Å². The molecule has 0 saturated carbocycles. The van der Waals surface area contributed by atoms with E-state index < -0.39 is 23.4 Å². The number of carbonyl (C=O) groups is 1. The highest BCUT2D eigenvalue weighted by atomic mass is 32.2. The highest BCUT2D eigenvalue weighted by molar-refractivity contribution is 7.99. The number of hydrogen-bond acceptors (Lipinski definition) is 6. The van der Waals surface area contributed by atoms with Gasteiger partial charge in [-0.25, -0.2) is 17.6 Å². The van der Waals surface area contributed by atoms with Crippen LogP contribution in [0.25, 0.3) is 0 Å². The van der Waals surface area contributed by atoms with Crippen LogP contribution in [0.1, 0.15) is 33.7 Å². The molecule has 3 saturated heterocycles. The molecule has 2 aromatic rings. The first-order valence-electron chi connectivity index (χ1n) is 12.8. The van der Waals surface area contributed by atoms with Gasteiger partial charge in [-0.3, -0.25) is 9.69 Å². The largest absolute Gasteiger partial charge is 0.377 e. The first-order valence-corrected chi connectivity index (χ1v) is 13.8. The summed E-state index contributed by atoms with van der Waals surface area (Å²) in [6.45, 7) is 7.13. The Hall–Kier alpha value is -2.14. The Kier molecular flexibility index (Phi) is 9.39. The predicted octanol–water partition coefficient (Wildman–Crippen LogP) is 5.80. The van der Waals surface area contributed by atoms with Crippen LogP contribution in [0.15, 0.2) is 41.3 Å². The summed E-state index contributed by atoms with van der Waals surface area (Å²) in [5.41, 5.74) is -0.161. The number of epoxide rings is 1.